The van der Waals surface area contributed by atoms with E-state index in [1.165, 1.54) is 11.1 Å². The van der Waals surface area contributed by atoms with E-state index in [1.54, 1.807) is 0 Å². The number of unbranched alkanes of at least 4 members (excludes halogenated alkanes) is 1. The maximum atomic E-state index is 14.1. The van der Waals surface area contributed by atoms with Crippen LogP contribution >= 0.6 is 27.7 Å². The molecule has 0 saturated carbocycles. The lowest BCUT2D eigenvalue weighted by Gasteiger charge is -2.34. The number of likely N-dealkylation sites (tertiary alicyclic amines) is 1. The van der Waals surface area contributed by atoms with Crippen LogP contribution in [-0.2, 0) is 10.2 Å². The molecule has 9 heteroatoms. The van der Waals surface area contributed by atoms with E-state index < -0.39 is 11.6 Å². The van der Waals surface area contributed by atoms with E-state index in [0.29, 0.717) is 25.6 Å². The molecule has 1 aliphatic carbocycles. The zero-order valence-electron chi connectivity index (χ0n) is 24.9. The summed E-state index contributed by atoms with van der Waals surface area (Å²) in [5.74, 6) is 0.916. The highest BCUT2D eigenvalue weighted by molar-refractivity contribution is 7.57. The second-order valence-electron chi connectivity index (χ2n) is 12.0. The van der Waals surface area contributed by atoms with E-state index in [9.17, 15) is 9.90 Å². The predicted molar refractivity (Wildman–Crippen MR) is 187 cm³/mol. The fourth-order valence-corrected chi connectivity index (χ4v) is 6.85. The first-order chi connectivity index (χ1) is 20.8. The molecular weight excluding hydrogens is 591 g/mol. The van der Waals surface area contributed by atoms with Crippen molar-refractivity contribution in [1.29, 1.82) is 0 Å². The van der Waals surface area contributed by atoms with Crippen LogP contribution in [-0.4, -0.2) is 65.6 Å². The van der Waals surface area contributed by atoms with Gasteiger partial charge in [0.25, 0.3) is 0 Å². The average Bonchev–Trinajstić information content (AvgIpc) is 3.30. The first-order valence-electron chi connectivity index (χ1n) is 15.4. The lowest BCUT2D eigenvalue weighted by Crippen LogP contribution is -2.47. The average molecular weight is 638 g/mol. The Morgan fingerprint density at radius 1 is 0.930 bits per heavy atom. The number of nitrogens with zero attached hydrogens (tertiary/aromatic N) is 1. The van der Waals surface area contributed by atoms with Crippen molar-refractivity contribution in [1.82, 2.24) is 15.5 Å². The summed E-state index contributed by atoms with van der Waals surface area (Å²) in [4.78, 5) is 16.6. The number of aliphatic hydroxyl groups is 1. The van der Waals surface area contributed by atoms with Crippen LogP contribution in [0.1, 0.15) is 49.7 Å². The topological polar surface area (TPSA) is 73.8 Å². The van der Waals surface area contributed by atoms with Gasteiger partial charge in [-0.05, 0) is 79.7 Å². The third-order valence-corrected chi connectivity index (χ3v) is 9.31. The second-order valence-corrected chi connectivity index (χ2v) is 17.2. The molecule has 2 aliphatic rings. The summed E-state index contributed by atoms with van der Waals surface area (Å²) in [6, 6.07) is 26.9. The Morgan fingerprint density at radius 2 is 1.53 bits per heavy atom. The smallest absolute Gasteiger partial charge is 0.235 e. The third-order valence-electron chi connectivity index (χ3n) is 8.70. The van der Waals surface area contributed by atoms with Crippen molar-refractivity contribution in [2.24, 2.45) is 0 Å². The van der Waals surface area contributed by atoms with Gasteiger partial charge in [-0.2, -0.15) is 0 Å². The van der Waals surface area contributed by atoms with Crippen molar-refractivity contribution in [3.63, 3.8) is 0 Å². The summed E-state index contributed by atoms with van der Waals surface area (Å²) in [7, 11) is 8.31. The van der Waals surface area contributed by atoms with E-state index in [4.69, 9.17) is 4.74 Å². The normalized spacial score (nSPS) is 17.2. The summed E-state index contributed by atoms with van der Waals surface area (Å²) in [5.41, 5.74) is 3.90. The standard InChI is InChI=1S/C34H46N3O3P3/c38-31(18-23-40-26-10-2-1-3-11-26)36-25-16-21-37(22-17-25)20-9-8-19-33(32(39)35-24-34(41,42)43)29-14-6-4-12-27(29)28-13-5-7-15-30(28)33/h1-7,10-15,25,31,36,38H,8-9,16-24,41-43H2,(H,35,39). The van der Waals surface area contributed by atoms with Crippen molar-refractivity contribution in [2.75, 3.05) is 32.8 Å². The molecule has 4 atom stereocenters. The minimum Gasteiger partial charge on any atom is -0.493 e. The molecule has 1 saturated heterocycles. The van der Waals surface area contributed by atoms with Gasteiger partial charge in [-0.1, -0.05) is 73.2 Å². The van der Waals surface area contributed by atoms with Gasteiger partial charge in [0.05, 0.1) is 6.61 Å². The van der Waals surface area contributed by atoms with Crippen molar-refractivity contribution in [3.05, 3.63) is 90.0 Å². The van der Waals surface area contributed by atoms with E-state index in [1.807, 2.05) is 30.3 Å². The Morgan fingerprint density at radius 3 is 2.16 bits per heavy atom. The van der Waals surface area contributed by atoms with Gasteiger partial charge in [-0.3, -0.25) is 10.1 Å². The van der Waals surface area contributed by atoms with E-state index in [-0.39, 0.29) is 10.5 Å². The zero-order chi connectivity index (χ0) is 30.3. The van der Waals surface area contributed by atoms with Crippen molar-refractivity contribution in [2.45, 2.75) is 60.8 Å². The van der Waals surface area contributed by atoms with Gasteiger partial charge in [0.2, 0.25) is 5.91 Å². The van der Waals surface area contributed by atoms with Crippen LogP contribution in [0.5, 0.6) is 5.75 Å². The number of hydrogen-bond acceptors (Lipinski definition) is 5. The number of carbonyl (C=O) groups excluding carboxylic acids is 1. The lowest BCUT2D eigenvalue weighted by molar-refractivity contribution is -0.125. The maximum absolute atomic E-state index is 14.1. The summed E-state index contributed by atoms with van der Waals surface area (Å²) < 4.78 is 5.49. The summed E-state index contributed by atoms with van der Waals surface area (Å²) in [6.45, 7) is 4.07. The highest BCUT2D eigenvalue weighted by Crippen LogP contribution is 2.51. The van der Waals surface area contributed by atoms with Gasteiger partial charge in [0.1, 0.15) is 17.4 Å². The van der Waals surface area contributed by atoms with Crippen LogP contribution in [0.25, 0.3) is 11.1 Å². The van der Waals surface area contributed by atoms with Gasteiger partial charge in [0, 0.05) is 23.6 Å². The number of amides is 1. The lowest BCUT2D eigenvalue weighted by atomic mass is 9.73. The molecule has 1 heterocycles. The molecule has 3 N–H and O–H groups in total. The fourth-order valence-electron chi connectivity index (χ4n) is 6.55. The Balaban J connectivity index is 1.12. The Labute approximate surface area is 263 Å². The van der Waals surface area contributed by atoms with Crippen molar-refractivity contribution in [3.8, 4) is 16.9 Å². The zero-order valence-corrected chi connectivity index (χ0v) is 28.3. The molecule has 6 nitrogen and oxygen atoms in total. The molecule has 230 valence electrons. The summed E-state index contributed by atoms with van der Waals surface area (Å²) in [5, 5.41) is 17.1. The molecule has 0 aromatic heterocycles. The van der Waals surface area contributed by atoms with Crippen molar-refractivity contribution < 1.29 is 14.6 Å². The quantitative estimate of drug-likeness (QED) is 0.126. The number of aliphatic hydroxyl groups excluding tert-OH is 1. The molecule has 0 radical (unpaired) electrons. The Bertz CT molecular complexity index is 1300. The number of nitrogens with one attached hydrogen (secondary N) is 2. The van der Waals surface area contributed by atoms with Crippen LogP contribution in [0, 0.1) is 0 Å². The molecular formula is C34H46N3O3P3. The number of piperidine rings is 1. The minimum atomic E-state index is -0.685. The molecule has 3 aromatic carbocycles. The SMILES string of the molecule is O=C(NCC(P)(P)P)C1(CCCCN2CCC(NC(O)CCOc3ccccc3)CC2)c2ccccc2-c2ccccc21. The third kappa shape index (κ3) is 8.23. The minimum absolute atomic E-state index is 0.0845. The highest BCUT2D eigenvalue weighted by atomic mass is 31.1. The van der Waals surface area contributed by atoms with Crippen LogP contribution in [0.2, 0.25) is 0 Å². The van der Waals surface area contributed by atoms with Crippen LogP contribution in [0.15, 0.2) is 78.9 Å². The van der Waals surface area contributed by atoms with Gasteiger partial charge in [0.15, 0.2) is 0 Å². The van der Waals surface area contributed by atoms with Crippen LogP contribution in [0.4, 0.5) is 0 Å². The second kappa shape index (κ2) is 14.9. The van der Waals surface area contributed by atoms with E-state index in [0.717, 1.165) is 68.6 Å². The molecule has 1 fully saturated rings. The molecule has 0 spiro atoms. The number of ether oxygens (including phenoxy) is 1. The molecule has 0 bridgehead atoms. The van der Waals surface area contributed by atoms with Crippen molar-refractivity contribution >= 4 is 33.6 Å². The Hall–Kier alpha value is -1.90. The number of rotatable bonds is 14. The van der Waals surface area contributed by atoms with Gasteiger partial charge < -0.3 is 20.1 Å². The first kappa shape index (κ1) is 32.5. The van der Waals surface area contributed by atoms with E-state index >= 15 is 0 Å². The highest BCUT2D eigenvalue weighted by Gasteiger charge is 2.48. The number of carbonyl (C=O) groups is 1. The molecule has 3 aromatic rings. The molecule has 5 rings (SSSR count). The number of benzene rings is 3. The van der Waals surface area contributed by atoms with Crippen LogP contribution in [0.3, 0.4) is 0 Å². The largest absolute Gasteiger partial charge is 0.493 e. The Kier molecular flexibility index (Phi) is 11.3. The molecule has 1 amide bonds. The molecule has 1 aliphatic heterocycles. The number of para-hydroxylation sites is 1. The summed E-state index contributed by atoms with van der Waals surface area (Å²) in [6.07, 6.45) is 4.81. The fraction of sp³-hybridized carbons (Fsp3) is 0.441. The number of hydrogen-bond donors (Lipinski definition) is 3. The van der Waals surface area contributed by atoms with Gasteiger partial charge in [-0.25, -0.2) is 0 Å². The van der Waals surface area contributed by atoms with Gasteiger partial charge >= 0.3 is 0 Å². The predicted octanol–water partition coefficient (Wildman–Crippen LogP) is 5.36. The monoisotopic (exact) mass is 637 g/mol. The van der Waals surface area contributed by atoms with Crippen LogP contribution < -0.4 is 15.4 Å². The molecule has 43 heavy (non-hydrogen) atoms. The maximum Gasteiger partial charge on any atom is 0.235 e. The van der Waals surface area contributed by atoms with Gasteiger partial charge in [-0.15, -0.1) is 27.7 Å². The van der Waals surface area contributed by atoms with E-state index in [2.05, 4.69) is 91.8 Å². The number of fused-ring (bicyclic) bond motifs is 3. The summed E-state index contributed by atoms with van der Waals surface area (Å²) >= 11 is 0. The molecule has 4 unspecified atom stereocenters. The first-order valence-corrected chi connectivity index (χ1v) is 17.2.